The number of rotatable bonds is 5. The van der Waals surface area contributed by atoms with Crippen LogP contribution in [-0.4, -0.2) is 31.1 Å². The van der Waals surface area contributed by atoms with Crippen LogP contribution >= 0.6 is 0 Å². The first-order valence-corrected chi connectivity index (χ1v) is 7.82. The van der Waals surface area contributed by atoms with Crippen LogP contribution in [0.3, 0.4) is 0 Å². The van der Waals surface area contributed by atoms with Gasteiger partial charge in [0.25, 0.3) is 0 Å². The predicted molar refractivity (Wildman–Crippen MR) is 82.4 cm³/mol. The van der Waals surface area contributed by atoms with E-state index in [2.05, 4.69) is 30.1 Å². The van der Waals surface area contributed by atoms with E-state index in [1.54, 1.807) is 6.07 Å². The van der Waals surface area contributed by atoms with Crippen molar-refractivity contribution < 1.29 is 4.39 Å². The van der Waals surface area contributed by atoms with Crippen molar-refractivity contribution in [2.75, 3.05) is 26.2 Å². The maximum absolute atomic E-state index is 13.7. The van der Waals surface area contributed by atoms with E-state index in [-0.39, 0.29) is 11.9 Å². The summed E-state index contributed by atoms with van der Waals surface area (Å²) < 4.78 is 13.7. The molecule has 1 saturated heterocycles. The lowest BCUT2D eigenvalue weighted by molar-refractivity contribution is 0.170. The van der Waals surface area contributed by atoms with Crippen LogP contribution in [0.5, 0.6) is 0 Å². The fourth-order valence-corrected chi connectivity index (χ4v) is 3.05. The number of hydrogen-bond donors (Lipinski definition) is 1. The first-order valence-electron chi connectivity index (χ1n) is 7.82. The molecule has 112 valence electrons. The van der Waals surface area contributed by atoms with Crippen molar-refractivity contribution in [3.8, 4) is 0 Å². The minimum atomic E-state index is -0.0928. The third kappa shape index (κ3) is 3.80. The summed E-state index contributed by atoms with van der Waals surface area (Å²) in [5, 5.41) is 3.47. The minimum absolute atomic E-state index is 0.0928. The SMILES string of the molecule is CCN(CC1CCCNC1)C(C)c1ccc(C)c(F)c1. The lowest BCUT2D eigenvalue weighted by Gasteiger charge is -2.33. The smallest absolute Gasteiger partial charge is 0.126 e. The van der Waals surface area contributed by atoms with E-state index in [9.17, 15) is 4.39 Å². The van der Waals surface area contributed by atoms with Crippen molar-refractivity contribution in [3.63, 3.8) is 0 Å². The number of halogens is 1. The molecule has 1 aromatic rings. The highest BCUT2D eigenvalue weighted by atomic mass is 19.1. The molecule has 0 saturated carbocycles. The van der Waals surface area contributed by atoms with Gasteiger partial charge < -0.3 is 5.32 Å². The van der Waals surface area contributed by atoms with Gasteiger partial charge in [-0.1, -0.05) is 19.1 Å². The molecule has 0 aliphatic carbocycles. The molecule has 1 aliphatic heterocycles. The lowest BCUT2D eigenvalue weighted by atomic mass is 9.97. The van der Waals surface area contributed by atoms with Gasteiger partial charge in [-0.2, -0.15) is 0 Å². The van der Waals surface area contributed by atoms with Crippen LogP contribution in [0, 0.1) is 18.7 Å². The molecule has 2 nitrogen and oxygen atoms in total. The normalized spacial score (nSPS) is 21.1. The Kier molecular flexibility index (Phi) is 5.55. The van der Waals surface area contributed by atoms with E-state index in [0.29, 0.717) is 0 Å². The molecule has 2 atom stereocenters. The summed E-state index contributed by atoms with van der Waals surface area (Å²) in [6.45, 7) is 10.6. The Balaban J connectivity index is 2.03. The lowest BCUT2D eigenvalue weighted by Crippen LogP contribution is -2.39. The maximum atomic E-state index is 13.7. The number of benzene rings is 1. The fraction of sp³-hybridized carbons (Fsp3) is 0.647. The summed E-state index contributed by atoms with van der Waals surface area (Å²) >= 11 is 0. The largest absolute Gasteiger partial charge is 0.316 e. The van der Waals surface area contributed by atoms with E-state index < -0.39 is 0 Å². The monoisotopic (exact) mass is 278 g/mol. The second-order valence-corrected chi connectivity index (χ2v) is 5.98. The average molecular weight is 278 g/mol. The highest BCUT2D eigenvalue weighted by Crippen LogP contribution is 2.24. The van der Waals surface area contributed by atoms with Gasteiger partial charge in [0.05, 0.1) is 0 Å². The van der Waals surface area contributed by atoms with E-state index in [1.807, 2.05) is 13.0 Å². The first-order chi connectivity index (χ1) is 9.61. The van der Waals surface area contributed by atoms with E-state index in [1.165, 1.54) is 12.8 Å². The number of aryl methyl sites for hydroxylation is 1. The molecule has 20 heavy (non-hydrogen) atoms. The van der Waals surface area contributed by atoms with E-state index in [4.69, 9.17) is 0 Å². The van der Waals surface area contributed by atoms with Gasteiger partial charge in [-0.25, -0.2) is 4.39 Å². The molecule has 0 aromatic heterocycles. The van der Waals surface area contributed by atoms with Gasteiger partial charge in [0.15, 0.2) is 0 Å². The molecule has 0 spiro atoms. The van der Waals surface area contributed by atoms with Crippen LogP contribution in [0.15, 0.2) is 18.2 Å². The van der Waals surface area contributed by atoms with Gasteiger partial charge >= 0.3 is 0 Å². The zero-order valence-electron chi connectivity index (χ0n) is 13.0. The van der Waals surface area contributed by atoms with E-state index >= 15 is 0 Å². The molecule has 0 amide bonds. The van der Waals surface area contributed by atoms with Crippen LogP contribution in [0.25, 0.3) is 0 Å². The second kappa shape index (κ2) is 7.19. The Morgan fingerprint density at radius 3 is 2.85 bits per heavy atom. The van der Waals surface area contributed by atoms with Crippen molar-refractivity contribution in [3.05, 3.63) is 35.1 Å². The van der Waals surface area contributed by atoms with Gasteiger partial charge in [0.2, 0.25) is 0 Å². The van der Waals surface area contributed by atoms with Crippen LogP contribution in [-0.2, 0) is 0 Å². The van der Waals surface area contributed by atoms with Gasteiger partial charge in [0.1, 0.15) is 5.82 Å². The Hall–Kier alpha value is -0.930. The summed E-state index contributed by atoms with van der Waals surface area (Å²) in [7, 11) is 0. The summed E-state index contributed by atoms with van der Waals surface area (Å²) in [4.78, 5) is 2.46. The molecule has 1 aromatic carbocycles. The quantitative estimate of drug-likeness (QED) is 0.886. The summed E-state index contributed by atoms with van der Waals surface area (Å²) in [6, 6.07) is 5.92. The molecule has 2 rings (SSSR count). The molecule has 0 radical (unpaired) electrons. The van der Waals surface area contributed by atoms with Gasteiger partial charge in [-0.15, -0.1) is 0 Å². The molecular weight excluding hydrogens is 251 g/mol. The standard InChI is InChI=1S/C17H27FN2/c1-4-20(12-15-6-5-9-19-11-15)14(3)16-8-7-13(2)17(18)10-16/h7-8,10,14-15,19H,4-6,9,11-12H2,1-3H3. The predicted octanol–water partition coefficient (Wildman–Crippen LogP) is 3.52. The number of hydrogen-bond acceptors (Lipinski definition) is 2. The fourth-order valence-electron chi connectivity index (χ4n) is 3.05. The highest BCUT2D eigenvalue weighted by molar-refractivity contribution is 5.25. The van der Waals surface area contributed by atoms with E-state index in [0.717, 1.165) is 43.2 Å². The molecule has 1 fully saturated rings. The topological polar surface area (TPSA) is 15.3 Å². The molecule has 2 unspecified atom stereocenters. The minimum Gasteiger partial charge on any atom is -0.316 e. The third-order valence-electron chi connectivity index (χ3n) is 4.52. The number of piperidine rings is 1. The summed E-state index contributed by atoms with van der Waals surface area (Å²) in [6.07, 6.45) is 2.58. The van der Waals surface area contributed by atoms with Crippen molar-refractivity contribution in [2.45, 2.75) is 39.7 Å². The molecule has 1 heterocycles. The van der Waals surface area contributed by atoms with Crippen molar-refractivity contribution in [2.24, 2.45) is 5.92 Å². The van der Waals surface area contributed by atoms with Crippen LogP contribution in [0.2, 0.25) is 0 Å². The van der Waals surface area contributed by atoms with Gasteiger partial charge in [0, 0.05) is 12.6 Å². The zero-order chi connectivity index (χ0) is 14.5. The van der Waals surface area contributed by atoms with Gasteiger partial charge in [-0.3, -0.25) is 4.90 Å². The Bertz CT molecular complexity index is 427. The highest BCUT2D eigenvalue weighted by Gasteiger charge is 2.21. The van der Waals surface area contributed by atoms with Gasteiger partial charge in [-0.05, 0) is 69.4 Å². The van der Waals surface area contributed by atoms with Crippen molar-refractivity contribution >= 4 is 0 Å². The molecule has 0 bridgehead atoms. The summed E-state index contributed by atoms with van der Waals surface area (Å²) in [5.41, 5.74) is 1.80. The van der Waals surface area contributed by atoms with Crippen molar-refractivity contribution in [1.82, 2.24) is 10.2 Å². The third-order valence-corrected chi connectivity index (χ3v) is 4.52. The first kappa shape index (κ1) is 15.5. The average Bonchev–Trinajstić information content (AvgIpc) is 2.48. The molecule has 1 N–H and O–H groups in total. The Morgan fingerprint density at radius 1 is 1.45 bits per heavy atom. The second-order valence-electron chi connectivity index (χ2n) is 5.98. The number of nitrogens with zero attached hydrogens (tertiary/aromatic N) is 1. The number of nitrogens with one attached hydrogen (secondary N) is 1. The maximum Gasteiger partial charge on any atom is 0.126 e. The molecule has 3 heteroatoms. The van der Waals surface area contributed by atoms with Crippen LogP contribution < -0.4 is 5.32 Å². The molecular formula is C17H27FN2. The Labute approximate surface area is 122 Å². The van der Waals surface area contributed by atoms with Crippen molar-refractivity contribution in [1.29, 1.82) is 0 Å². The summed E-state index contributed by atoms with van der Waals surface area (Å²) in [5.74, 6) is 0.631. The van der Waals surface area contributed by atoms with Crippen LogP contribution in [0.1, 0.15) is 43.9 Å². The molecule has 1 aliphatic rings. The van der Waals surface area contributed by atoms with Crippen LogP contribution in [0.4, 0.5) is 4.39 Å². The zero-order valence-corrected chi connectivity index (χ0v) is 13.0. The Morgan fingerprint density at radius 2 is 2.25 bits per heavy atom.